The highest BCUT2D eigenvalue weighted by Gasteiger charge is 2.24. The van der Waals surface area contributed by atoms with Gasteiger partial charge in [0, 0.05) is 13.1 Å². The molecule has 114 valence electrons. The Labute approximate surface area is 127 Å². The van der Waals surface area contributed by atoms with Gasteiger partial charge in [0.25, 0.3) is 0 Å². The fraction of sp³-hybridized carbons (Fsp3) is 0.556. The van der Waals surface area contributed by atoms with Gasteiger partial charge in [0.2, 0.25) is 0 Å². The zero-order chi connectivity index (χ0) is 15.2. The van der Waals surface area contributed by atoms with Gasteiger partial charge in [-0.25, -0.2) is 0 Å². The number of benzene rings is 1. The maximum Gasteiger partial charge on any atom is 0.134 e. The molecule has 0 aromatic heterocycles. The molecule has 1 aliphatic heterocycles. The van der Waals surface area contributed by atoms with Crippen LogP contribution in [0.25, 0.3) is 0 Å². The second-order valence-electron chi connectivity index (χ2n) is 6.02. The van der Waals surface area contributed by atoms with Gasteiger partial charge in [-0.3, -0.25) is 4.90 Å². The highest BCUT2D eigenvalue weighted by molar-refractivity contribution is 5.48. The second-order valence-corrected chi connectivity index (χ2v) is 6.02. The number of hydrogen-bond acceptors (Lipinski definition) is 3. The number of nitrogens with zero attached hydrogens (tertiary/aromatic N) is 1. The standard InChI is InChI=1S/C18H25NO2/c1-14(2)17-8-9-19(13-17)12-15-6-7-18(21-3)16(11-15)5-4-10-20/h6-7,11,14,17,20H,8-10,12-13H2,1-3H3. The van der Waals surface area contributed by atoms with Gasteiger partial charge in [-0.1, -0.05) is 31.8 Å². The molecule has 1 fully saturated rings. The fourth-order valence-corrected chi connectivity index (χ4v) is 2.89. The summed E-state index contributed by atoms with van der Waals surface area (Å²) in [6.45, 7) is 7.80. The lowest BCUT2D eigenvalue weighted by Crippen LogP contribution is -2.21. The van der Waals surface area contributed by atoms with E-state index >= 15 is 0 Å². The Morgan fingerprint density at radius 3 is 2.86 bits per heavy atom. The monoisotopic (exact) mass is 287 g/mol. The summed E-state index contributed by atoms with van der Waals surface area (Å²) in [4.78, 5) is 2.51. The molecule has 1 aliphatic rings. The number of aliphatic hydroxyl groups excluding tert-OH is 1. The van der Waals surface area contributed by atoms with Crippen molar-refractivity contribution in [1.29, 1.82) is 0 Å². The van der Waals surface area contributed by atoms with Crippen molar-refractivity contribution in [2.24, 2.45) is 11.8 Å². The summed E-state index contributed by atoms with van der Waals surface area (Å²) in [5, 5.41) is 8.85. The van der Waals surface area contributed by atoms with Crippen molar-refractivity contribution in [3.8, 4) is 17.6 Å². The predicted octanol–water partition coefficient (Wildman–Crippen LogP) is 2.52. The van der Waals surface area contributed by atoms with Crippen molar-refractivity contribution in [3.63, 3.8) is 0 Å². The zero-order valence-electron chi connectivity index (χ0n) is 13.2. The number of ether oxygens (including phenoxy) is 1. The Kier molecular flexibility index (Phi) is 5.67. The molecule has 1 unspecified atom stereocenters. The molecule has 0 aliphatic carbocycles. The summed E-state index contributed by atoms with van der Waals surface area (Å²) in [5.41, 5.74) is 2.10. The third-order valence-electron chi connectivity index (χ3n) is 4.22. The van der Waals surface area contributed by atoms with Gasteiger partial charge in [-0.15, -0.1) is 0 Å². The first kappa shape index (κ1) is 15.9. The largest absolute Gasteiger partial charge is 0.495 e. The van der Waals surface area contributed by atoms with Crippen LogP contribution in [0.15, 0.2) is 18.2 Å². The maximum absolute atomic E-state index is 8.85. The van der Waals surface area contributed by atoms with Crippen molar-refractivity contribution in [3.05, 3.63) is 29.3 Å². The molecule has 21 heavy (non-hydrogen) atoms. The minimum atomic E-state index is -0.129. The summed E-state index contributed by atoms with van der Waals surface area (Å²) in [7, 11) is 1.65. The molecule has 1 atom stereocenters. The fourth-order valence-electron chi connectivity index (χ4n) is 2.89. The number of methoxy groups -OCH3 is 1. The first-order chi connectivity index (χ1) is 10.1. The van der Waals surface area contributed by atoms with Crippen molar-refractivity contribution in [2.45, 2.75) is 26.8 Å². The smallest absolute Gasteiger partial charge is 0.134 e. The van der Waals surface area contributed by atoms with Crippen LogP contribution in [0.4, 0.5) is 0 Å². The van der Waals surface area contributed by atoms with Crippen LogP contribution in [0.2, 0.25) is 0 Å². The molecule has 1 saturated heterocycles. The van der Waals surface area contributed by atoms with Crippen LogP contribution in [0.3, 0.4) is 0 Å². The van der Waals surface area contributed by atoms with E-state index in [4.69, 9.17) is 9.84 Å². The SMILES string of the molecule is COc1ccc(CN2CCC(C(C)C)C2)cc1C#CCO. The van der Waals surface area contributed by atoms with Crippen molar-refractivity contribution in [2.75, 3.05) is 26.8 Å². The Balaban J connectivity index is 2.07. The minimum Gasteiger partial charge on any atom is -0.495 e. The normalized spacial score (nSPS) is 18.6. The van der Waals surface area contributed by atoms with Gasteiger partial charge in [0.1, 0.15) is 12.4 Å². The molecule has 0 bridgehead atoms. The van der Waals surface area contributed by atoms with Gasteiger partial charge in [-0.05, 0) is 42.5 Å². The molecule has 1 N–H and O–H groups in total. The average Bonchev–Trinajstić information content (AvgIpc) is 2.94. The maximum atomic E-state index is 8.85. The molecule has 0 saturated carbocycles. The molecule has 0 amide bonds. The lowest BCUT2D eigenvalue weighted by Gasteiger charge is -2.18. The van der Waals surface area contributed by atoms with Crippen molar-refractivity contribution in [1.82, 2.24) is 4.90 Å². The van der Waals surface area contributed by atoms with Gasteiger partial charge < -0.3 is 9.84 Å². The van der Waals surface area contributed by atoms with Gasteiger partial charge in [0.05, 0.1) is 12.7 Å². The molecule has 1 aromatic rings. The van der Waals surface area contributed by atoms with E-state index in [9.17, 15) is 0 Å². The van der Waals surface area contributed by atoms with Crippen LogP contribution in [0, 0.1) is 23.7 Å². The van der Waals surface area contributed by atoms with E-state index in [-0.39, 0.29) is 6.61 Å². The minimum absolute atomic E-state index is 0.129. The molecule has 0 radical (unpaired) electrons. The summed E-state index contributed by atoms with van der Waals surface area (Å²) in [6.07, 6.45) is 1.30. The Hall–Kier alpha value is -1.50. The van der Waals surface area contributed by atoms with Crippen LogP contribution in [-0.4, -0.2) is 36.8 Å². The van der Waals surface area contributed by atoms with Gasteiger partial charge in [0.15, 0.2) is 0 Å². The number of likely N-dealkylation sites (tertiary alicyclic amines) is 1. The van der Waals surface area contributed by atoms with E-state index in [1.165, 1.54) is 25.1 Å². The first-order valence-corrected chi connectivity index (χ1v) is 7.63. The quantitative estimate of drug-likeness (QED) is 0.864. The summed E-state index contributed by atoms with van der Waals surface area (Å²) >= 11 is 0. The third kappa shape index (κ3) is 4.23. The zero-order valence-corrected chi connectivity index (χ0v) is 13.2. The van der Waals surface area contributed by atoms with Gasteiger partial charge in [-0.2, -0.15) is 0 Å². The summed E-state index contributed by atoms with van der Waals surface area (Å²) in [6, 6.07) is 6.14. The first-order valence-electron chi connectivity index (χ1n) is 7.63. The molecule has 1 heterocycles. The summed E-state index contributed by atoms with van der Waals surface area (Å²) < 4.78 is 5.32. The van der Waals surface area contributed by atoms with Crippen LogP contribution in [0.1, 0.15) is 31.4 Å². The lowest BCUT2D eigenvalue weighted by atomic mass is 9.95. The number of hydrogen-bond donors (Lipinski definition) is 1. The number of rotatable bonds is 4. The molecule has 1 aromatic carbocycles. The third-order valence-corrected chi connectivity index (χ3v) is 4.22. The molecule has 2 rings (SSSR count). The van der Waals surface area contributed by atoms with Crippen LogP contribution in [-0.2, 0) is 6.54 Å². The van der Waals surface area contributed by atoms with Crippen LogP contribution < -0.4 is 4.74 Å². The van der Waals surface area contributed by atoms with E-state index in [0.717, 1.165) is 29.7 Å². The Morgan fingerprint density at radius 1 is 1.43 bits per heavy atom. The molecule has 0 spiro atoms. The van der Waals surface area contributed by atoms with Crippen molar-refractivity contribution >= 4 is 0 Å². The number of aliphatic hydroxyl groups is 1. The lowest BCUT2D eigenvalue weighted by molar-refractivity contribution is 0.296. The predicted molar refractivity (Wildman–Crippen MR) is 85.2 cm³/mol. The molecular formula is C18H25NO2. The second kappa shape index (κ2) is 7.49. The van der Waals surface area contributed by atoms with E-state index < -0.39 is 0 Å². The molecular weight excluding hydrogens is 262 g/mol. The average molecular weight is 287 g/mol. The van der Waals surface area contributed by atoms with Crippen LogP contribution >= 0.6 is 0 Å². The molecule has 3 nitrogen and oxygen atoms in total. The van der Waals surface area contributed by atoms with E-state index in [1.54, 1.807) is 7.11 Å². The van der Waals surface area contributed by atoms with E-state index in [0.29, 0.717) is 0 Å². The molecule has 3 heteroatoms. The Bertz CT molecular complexity index is 528. The highest BCUT2D eigenvalue weighted by Crippen LogP contribution is 2.26. The van der Waals surface area contributed by atoms with Gasteiger partial charge >= 0.3 is 0 Å². The van der Waals surface area contributed by atoms with E-state index in [2.05, 4.69) is 42.7 Å². The van der Waals surface area contributed by atoms with E-state index in [1.807, 2.05) is 6.07 Å². The highest BCUT2D eigenvalue weighted by atomic mass is 16.5. The summed E-state index contributed by atoms with van der Waals surface area (Å²) in [5.74, 6) is 8.00. The van der Waals surface area contributed by atoms with Crippen molar-refractivity contribution < 1.29 is 9.84 Å². The Morgan fingerprint density at radius 2 is 2.24 bits per heavy atom. The van der Waals surface area contributed by atoms with Crippen LogP contribution in [0.5, 0.6) is 5.75 Å². The topological polar surface area (TPSA) is 32.7 Å².